The van der Waals surface area contributed by atoms with Gasteiger partial charge in [0, 0.05) is 16.7 Å². The van der Waals surface area contributed by atoms with Gasteiger partial charge in [-0.05, 0) is 66.4 Å². The van der Waals surface area contributed by atoms with E-state index >= 15 is 0 Å². The van der Waals surface area contributed by atoms with Gasteiger partial charge in [0.2, 0.25) is 17.7 Å². The Labute approximate surface area is 183 Å². The van der Waals surface area contributed by atoms with E-state index in [1.165, 1.54) is 0 Å². The molecule has 3 aromatic carbocycles. The van der Waals surface area contributed by atoms with Gasteiger partial charge in [-0.2, -0.15) is 0 Å². The summed E-state index contributed by atoms with van der Waals surface area (Å²) in [5.41, 5.74) is 7.54. The van der Waals surface area contributed by atoms with E-state index in [0.717, 1.165) is 39.7 Å². The van der Waals surface area contributed by atoms with Crippen LogP contribution in [0, 0.1) is 13.8 Å². The molecule has 0 saturated heterocycles. The van der Waals surface area contributed by atoms with Crippen molar-refractivity contribution < 1.29 is 18.7 Å². The molecular weight excluding hydrogens is 406 g/mol. The lowest BCUT2D eigenvalue weighted by molar-refractivity contribution is 0.112. The molecule has 0 saturated carbocycles. The summed E-state index contributed by atoms with van der Waals surface area (Å²) in [6.45, 7) is 3.73. The molecule has 1 N–H and O–H groups in total. The molecule has 0 atom stereocenters. The molecule has 0 amide bonds. The monoisotopic (exact) mass is 425 g/mol. The van der Waals surface area contributed by atoms with E-state index < -0.39 is 0 Å². The average Bonchev–Trinajstić information content (AvgIpc) is 3.46. The summed E-state index contributed by atoms with van der Waals surface area (Å²) in [6.07, 6.45) is 0.794. The largest absolute Gasteiger partial charge is 0.436 e. The fourth-order valence-electron chi connectivity index (χ4n) is 3.88. The highest BCUT2D eigenvalue weighted by Gasteiger charge is 2.18. The fourth-order valence-corrected chi connectivity index (χ4v) is 3.88. The summed E-state index contributed by atoms with van der Waals surface area (Å²) in [5, 5.41) is 17.1. The SMILES string of the molecule is Cc1c(-c2nnc(CO)o2)cccc1-c1cccc(-c2nc3cc(C=O)ccc3o2)c1C. The molecule has 2 heterocycles. The maximum absolute atomic E-state index is 11.1. The van der Waals surface area contributed by atoms with Gasteiger partial charge >= 0.3 is 0 Å². The van der Waals surface area contributed by atoms with Crippen molar-refractivity contribution in [1.82, 2.24) is 15.2 Å². The normalized spacial score (nSPS) is 11.2. The molecule has 5 rings (SSSR count). The molecule has 0 aliphatic heterocycles. The first-order valence-corrected chi connectivity index (χ1v) is 10.1. The number of hydrogen-bond acceptors (Lipinski definition) is 7. The first-order chi connectivity index (χ1) is 15.6. The molecule has 7 heteroatoms. The van der Waals surface area contributed by atoms with E-state index in [2.05, 4.69) is 15.2 Å². The highest BCUT2D eigenvalue weighted by molar-refractivity contribution is 5.86. The first-order valence-electron chi connectivity index (χ1n) is 10.1. The molecule has 2 aromatic heterocycles. The number of carbonyl (C=O) groups is 1. The number of hydrogen-bond donors (Lipinski definition) is 1. The molecule has 0 aliphatic carbocycles. The van der Waals surface area contributed by atoms with Crippen LogP contribution in [0.2, 0.25) is 0 Å². The third-order valence-corrected chi connectivity index (χ3v) is 5.57. The minimum Gasteiger partial charge on any atom is -0.436 e. The second-order valence-corrected chi connectivity index (χ2v) is 7.48. The van der Waals surface area contributed by atoms with Crippen LogP contribution in [0.3, 0.4) is 0 Å². The summed E-state index contributed by atoms with van der Waals surface area (Å²) < 4.78 is 11.5. The Bertz CT molecular complexity index is 1470. The lowest BCUT2D eigenvalue weighted by Crippen LogP contribution is -1.93. The predicted octanol–water partition coefficient (Wildman–Crippen LogP) is 5.13. The molecule has 0 fully saturated rings. The number of aliphatic hydroxyl groups excluding tert-OH is 1. The van der Waals surface area contributed by atoms with Gasteiger partial charge in [0.25, 0.3) is 0 Å². The van der Waals surface area contributed by atoms with Crippen molar-refractivity contribution in [3.05, 3.63) is 77.2 Å². The zero-order valence-electron chi connectivity index (χ0n) is 17.5. The van der Waals surface area contributed by atoms with Crippen LogP contribution in [0.1, 0.15) is 27.4 Å². The third kappa shape index (κ3) is 3.29. The van der Waals surface area contributed by atoms with Crippen LogP contribution in [-0.4, -0.2) is 26.6 Å². The first kappa shape index (κ1) is 19.8. The van der Waals surface area contributed by atoms with Crippen molar-refractivity contribution in [3.63, 3.8) is 0 Å². The fraction of sp³-hybridized carbons (Fsp3) is 0.120. The Morgan fingerprint density at radius 1 is 0.844 bits per heavy atom. The van der Waals surface area contributed by atoms with E-state index in [0.29, 0.717) is 28.4 Å². The van der Waals surface area contributed by atoms with Crippen molar-refractivity contribution in [2.45, 2.75) is 20.5 Å². The molecular formula is C25H19N3O4. The maximum atomic E-state index is 11.1. The van der Waals surface area contributed by atoms with Gasteiger partial charge < -0.3 is 13.9 Å². The van der Waals surface area contributed by atoms with Gasteiger partial charge in [0.15, 0.2) is 5.58 Å². The van der Waals surface area contributed by atoms with Crippen LogP contribution < -0.4 is 0 Å². The number of fused-ring (bicyclic) bond motifs is 1. The van der Waals surface area contributed by atoms with Crippen LogP contribution >= 0.6 is 0 Å². The van der Waals surface area contributed by atoms with Crippen molar-refractivity contribution in [1.29, 1.82) is 0 Å². The van der Waals surface area contributed by atoms with Crippen molar-refractivity contribution in [2.24, 2.45) is 0 Å². The number of rotatable bonds is 5. The van der Waals surface area contributed by atoms with Crippen molar-refractivity contribution in [2.75, 3.05) is 0 Å². The lowest BCUT2D eigenvalue weighted by Gasteiger charge is -2.13. The molecule has 0 radical (unpaired) electrons. The number of benzene rings is 3. The number of oxazole rings is 1. The van der Waals surface area contributed by atoms with E-state index in [4.69, 9.17) is 8.83 Å². The number of aromatic nitrogens is 3. The second-order valence-electron chi connectivity index (χ2n) is 7.48. The van der Waals surface area contributed by atoms with E-state index in [1.54, 1.807) is 18.2 Å². The zero-order valence-corrected chi connectivity index (χ0v) is 17.5. The Hall–Kier alpha value is -4.10. The van der Waals surface area contributed by atoms with Crippen LogP contribution in [0.15, 0.2) is 63.4 Å². The Morgan fingerprint density at radius 2 is 1.50 bits per heavy atom. The average molecular weight is 425 g/mol. The maximum Gasteiger partial charge on any atom is 0.248 e. The van der Waals surface area contributed by atoms with Crippen molar-refractivity contribution in [3.8, 4) is 34.0 Å². The van der Waals surface area contributed by atoms with Gasteiger partial charge in [-0.15, -0.1) is 10.2 Å². The molecule has 0 spiro atoms. The van der Waals surface area contributed by atoms with Crippen LogP contribution in [-0.2, 0) is 6.61 Å². The minimum absolute atomic E-state index is 0.177. The Balaban J connectivity index is 1.61. The van der Waals surface area contributed by atoms with E-state index in [1.807, 2.05) is 50.2 Å². The van der Waals surface area contributed by atoms with Gasteiger partial charge in [0.05, 0.1) is 0 Å². The predicted molar refractivity (Wildman–Crippen MR) is 119 cm³/mol. The zero-order chi connectivity index (χ0) is 22.2. The van der Waals surface area contributed by atoms with Crippen molar-refractivity contribution >= 4 is 17.4 Å². The van der Waals surface area contributed by atoms with Crippen LogP contribution in [0.25, 0.3) is 45.1 Å². The highest BCUT2D eigenvalue weighted by atomic mass is 16.4. The van der Waals surface area contributed by atoms with Gasteiger partial charge in [-0.1, -0.05) is 24.3 Å². The van der Waals surface area contributed by atoms with E-state index in [-0.39, 0.29) is 12.5 Å². The highest BCUT2D eigenvalue weighted by Crippen LogP contribution is 2.37. The molecule has 0 aliphatic rings. The molecule has 158 valence electrons. The molecule has 0 unspecified atom stereocenters. The molecule has 32 heavy (non-hydrogen) atoms. The second kappa shape index (κ2) is 7.86. The number of carbonyl (C=O) groups excluding carboxylic acids is 1. The number of aldehydes is 1. The lowest BCUT2D eigenvalue weighted by atomic mass is 9.91. The Morgan fingerprint density at radius 3 is 2.12 bits per heavy atom. The molecule has 0 bridgehead atoms. The minimum atomic E-state index is -0.300. The Kier molecular flexibility index (Phi) is 4.88. The topological polar surface area (TPSA) is 102 Å². The number of aliphatic hydroxyl groups is 1. The summed E-state index contributed by atoms with van der Waals surface area (Å²) in [5.74, 6) is 1.05. The standard InChI is InChI=1S/C25H19N3O4/c1-14-17(18-6-4-8-20(15(18)2)25-28-27-23(13-30)32-25)5-3-7-19(14)24-26-21-11-16(12-29)9-10-22(21)31-24/h3-12,30H,13H2,1-2H3. The quantitative estimate of drug-likeness (QED) is 0.389. The summed E-state index contributed by atoms with van der Waals surface area (Å²) >= 11 is 0. The van der Waals surface area contributed by atoms with Crippen LogP contribution in [0.4, 0.5) is 0 Å². The molecule has 5 aromatic rings. The third-order valence-electron chi connectivity index (χ3n) is 5.57. The number of nitrogens with zero attached hydrogens (tertiary/aromatic N) is 3. The summed E-state index contributed by atoms with van der Waals surface area (Å²) in [7, 11) is 0. The summed E-state index contributed by atoms with van der Waals surface area (Å²) in [4.78, 5) is 15.7. The summed E-state index contributed by atoms with van der Waals surface area (Å²) in [6, 6.07) is 17.1. The van der Waals surface area contributed by atoms with Gasteiger partial charge in [0.1, 0.15) is 18.4 Å². The van der Waals surface area contributed by atoms with Crippen LogP contribution in [0.5, 0.6) is 0 Å². The smallest absolute Gasteiger partial charge is 0.248 e. The van der Waals surface area contributed by atoms with E-state index in [9.17, 15) is 9.90 Å². The van der Waals surface area contributed by atoms with Gasteiger partial charge in [-0.3, -0.25) is 4.79 Å². The molecule has 7 nitrogen and oxygen atoms in total. The van der Waals surface area contributed by atoms with Gasteiger partial charge in [-0.25, -0.2) is 4.98 Å².